The smallest absolute Gasteiger partial charge is 0.305 e. The molecule has 30 nitrogen and oxygen atoms in total. The first-order chi connectivity index (χ1) is 43.5. The topological polar surface area (TPSA) is 337 Å². The van der Waals surface area contributed by atoms with Gasteiger partial charge in [-0.1, -0.05) is 13.8 Å². The number of aliphatic hydroxyl groups is 4. The van der Waals surface area contributed by atoms with E-state index in [2.05, 4.69) is 6.92 Å². The molecule has 14 fully saturated rings. The molecule has 4 N–H and O–H groups in total. The van der Waals surface area contributed by atoms with Crippen molar-refractivity contribution in [2.75, 3.05) is 33.0 Å². The molecule has 0 radical (unpaired) electrons. The average molecular weight is 1360 g/mol. The lowest BCUT2D eigenvalue weighted by Crippen LogP contribution is -2.42. The van der Waals surface area contributed by atoms with Gasteiger partial charge in [0, 0.05) is 45.4 Å². The third-order valence-electron chi connectivity index (χ3n) is 17.5. The minimum absolute atomic E-state index is 0.00264. The second-order valence-corrected chi connectivity index (χ2v) is 29.5. The molecule has 14 aliphatic rings. The van der Waals surface area contributed by atoms with Gasteiger partial charge in [-0.25, -0.2) is 0 Å². The van der Waals surface area contributed by atoms with Gasteiger partial charge in [0.05, 0.1) is 63.6 Å². The van der Waals surface area contributed by atoms with E-state index in [4.69, 9.17) is 124 Å². The zero-order chi connectivity index (χ0) is 69.1. The van der Waals surface area contributed by atoms with Gasteiger partial charge in [0.25, 0.3) is 0 Å². The molecular formula is C64H108O30. The number of hydrogen-bond acceptors (Lipinski definition) is 30. The SMILES string of the molecule is CC1(C)OC2O[C@H](C(O)CO)C[C@H]2O1.CC1(C)OC2O[C@H](CO)C[C@H]2O1.CC1(C)OCC([C@@H]2C[C@H]3OC(C)(C)OC3O2)O1.CC1(C)OCC([C@H]2OC3OC(C)(C)O[C@@H]3[C@@H]2O)O1.CC[C@@H]1C[C@@H](OC(C)=O)C(OC(C)=O)O1.C[C@@H]1[C@@H](C2COC(C)(C)O2)OC2OC(C)(C)O[C@@H]21. The molecule has 14 aliphatic heterocycles. The van der Waals surface area contributed by atoms with E-state index in [1.165, 1.54) is 13.8 Å². The van der Waals surface area contributed by atoms with Crippen LogP contribution in [0.5, 0.6) is 0 Å². The van der Waals surface area contributed by atoms with E-state index in [1.54, 1.807) is 13.8 Å². The first kappa shape index (κ1) is 76.1. The minimum atomic E-state index is -0.851. The van der Waals surface area contributed by atoms with Crippen molar-refractivity contribution in [3.05, 3.63) is 0 Å². The van der Waals surface area contributed by atoms with Crippen LogP contribution in [0.3, 0.4) is 0 Å². The highest BCUT2D eigenvalue weighted by molar-refractivity contribution is 5.67. The number of carbonyl (C=O) groups is 2. The van der Waals surface area contributed by atoms with Crippen LogP contribution >= 0.6 is 0 Å². The van der Waals surface area contributed by atoms with Gasteiger partial charge in [-0.3, -0.25) is 9.59 Å². The van der Waals surface area contributed by atoms with Crippen molar-refractivity contribution in [1.29, 1.82) is 0 Å². The first-order valence-corrected chi connectivity index (χ1v) is 33.1. The summed E-state index contributed by atoms with van der Waals surface area (Å²) in [6.07, 6.45) is -3.11. The predicted octanol–water partition coefficient (Wildman–Crippen LogP) is 4.29. The maximum atomic E-state index is 10.8. The molecule has 0 aromatic rings. The van der Waals surface area contributed by atoms with E-state index in [-0.39, 0.29) is 111 Å². The third kappa shape index (κ3) is 19.5. The van der Waals surface area contributed by atoms with Crippen molar-refractivity contribution in [3.8, 4) is 0 Å². The molecule has 0 aliphatic carbocycles. The first-order valence-electron chi connectivity index (χ1n) is 33.1. The third-order valence-corrected chi connectivity index (χ3v) is 17.5. The van der Waals surface area contributed by atoms with Gasteiger partial charge in [-0.2, -0.15) is 0 Å². The number of rotatable bonds is 9. The summed E-state index contributed by atoms with van der Waals surface area (Å²) in [5.41, 5.74) is 0. The summed E-state index contributed by atoms with van der Waals surface area (Å²) in [4.78, 5) is 21.6. The van der Waals surface area contributed by atoms with E-state index < -0.39 is 108 Å². The minimum Gasteiger partial charge on any atom is -0.456 e. The molecule has 24 atom stereocenters. The second kappa shape index (κ2) is 29.5. The van der Waals surface area contributed by atoms with Crippen LogP contribution in [0.25, 0.3) is 0 Å². The lowest BCUT2D eigenvalue weighted by Gasteiger charge is -2.27. The summed E-state index contributed by atoms with van der Waals surface area (Å²) >= 11 is 0. The maximum absolute atomic E-state index is 10.8. The molecule has 14 saturated heterocycles. The molecule has 14 rings (SSSR count). The van der Waals surface area contributed by atoms with Crippen LogP contribution in [0.15, 0.2) is 0 Å². The Morgan fingerprint density at radius 1 is 0.426 bits per heavy atom. The van der Waals surface area contributed by atoms with Gasteiger partial charge >= 0.3 is 11.9 Å². The molecule has 0 aromatic carbocycles. The predicted molar refractivity (Wildman–Crippen MR) is 318 cm³/mol. The van der Waals surface area contributed by atoms with E-state index in [0.29, 0.717) is 32.7 Å². The van der Waals surface area contributed by atoms with Gasteiger partial charge in [0.1, 0.15) is 67.1 Å². The summed E-state index contributed by atoms with van der Waals surface area (Å²) in [6.45, 7) is 37.9. The highest BCUT2D eigenvalue weighted by Crippen LogP contribution is 2.46. The van der Waals surface area contributed by atoms with Crippen LogP contribution in [0.1, 0.15) is 171 Å². The Morgan fingerprint density at radius 2 is 0.851 bits per heavy atom. The Bertz CT molecular complexity index is 2360. The molecule has 94 heavy (non-hydrogen) atoms. The standard InChI is InChI=1S/C13H22O5.C12H20O6.C12H20O5.C10H16O5.C9H16O5.C8H14O4/c1-7-9(8-6-14-12(2,3)16-8)15-11-10(7)17-13(4,5)18-11;1-11(2)14-5-6(16-11)8-7(13)9-10(15-8)18-12(3,4)17-9;1-11(2)13-6-9(16-11)7-5-8-10(14-7)17-12(3,4)15-8;1-4-8-5-9(13-6(2)11)10(15-8)14-7(3)12;1-9(2)13-7-3-6(5(11)4-10)12-8(7)14-9;1-8(2)11-6-3-5(4-9)10-7(6)12-8/h7-11H,6H2,1-5H3;6-10,13H,5H2,1-4H3;7-10H,5-6H2,1-4H3;8-10H,4-5H2,1-3H3;5-8,10-11H,3-4H2,1-2H3;5-7,9H,3-4H2,1-2H3/t7-,8?,9+,10-,11?;6?,7-,8-,9-,10?;7-,8+,9?,10?;8-,9-,10?;5?,6-,7+,8?;5-,6+,7?/m110100/s1. The average Bonchev–Trinajstić information content (AvgIpc) is 1.62. The Balaban J connectivity index is 0.000000134. The van der Waals surface area contributed by atoms with Crippen LogP contribution in [0.2, 0.25) is 0 Å². The van der Waals surface area contributed by atoms with Gasteiger partial charge in [-0.15, -0.1) is 0 Å². The quantitative estimate of drug-likeness (QED) is 0.234. The highest BCUT2D eigenvalue weighted by Gasteiger charge is 2.60. The number of esters is 2. The van der Waals surface area contributed by atoms with E-state index in [9.17, 15) is 19.8 Å². The number of carbonyl (C=O) groups excluding carboxylic acids is 2. The molecule has 0 saturated carbocycles. The molecule has 0 spiro atoms. The zero-order valence-electron chi connectivity index (χ0n) is 58.3. The van der Waals surface area contributed by atoms with Crippen LogP contribution in [0.4, 0.5) is 0 Å². The van der Waals surface area contributed by atoms with Gasteiger partial charge in [-0.05, 0) is 117 Å². The van der Waals surface area contributed by atoms with Crippen LogP contribution < -0.4 is 0 Å². The lowest BCUT2D eigenvalue weighted by molar-refractivity contribution is -0.232. The van der Waals surface area contributed by atoms with Crippen molar-refractivity contribution in [1.82, 2.24) is 0 Å². The summed E-state index contributed by atoms with van der Waals surface area (Å²) in [5, 5.41) is 37.2. The Morgan fingerprint density at radius 3 is 1.29 bits per heavy atom. The number of ether oxygens (including phenoxy) is 24. The van der Waals surface area contributed by atoms with Gasteiger partial charge in [0.15, 0.2) is 83.9 Å². The second-order valence-electron chi connectivity index (χ2n) is 29.5. The van der Waals surface area contributed by atoms with Gasteiger partial charge < -0.3 is 134 Å². The molecular weight excluding hydrogens is 1250 g/mol. The molecule has 30 heteroatoms. The summed E-state index contributed by atoms with van der Waals surface area (Å²) in [5.74, 6) is -5.20. The fourth-order valence-electron chi connectivity index (χ4n) is 13.5. The fraction of sp³-hybridized carbons (Fsp3) is 0.969. The fourth-order valence-corrected chi connectivity index (χ4v) is 13.5. The maximum Gasteiger partial charge on any atom is 0.305 e. The van der Waals surface area contributed by atoms with E-state index >= 15 is 0 Å². The van der Waals surface area contributed by atoms with Crippen LogP contribution in [-0.2, 0) is 123 Å². The van der Waals surface area contributed by atoms with E-state index in [0.717, 1.165) is 19.3 Å². The Hall–Kier alpha value is -2.10. The van der Waals surface area contributed by atoms with Crippen molar-refractivity contribution in [3.63, 3.8) is 0 Å². The van der Waals surface area contributed by atoms with E-state index in [1.807, 2.05) is 104 Å². The van der Waals surface area contributed by atoms with Gasteiger partial charge in [0.2, 0.25) is 6.29 Å². The van der Waals surface area contributed by atoms with Crippen molar-refractivity contribution >= 4 is 11.9 Å². The zero-order valence-corrected chi connectivity index (χ0v) is 58.3. The Kier molecular flexibility index (Phi) is 23.9. The molecule has 0 bridgehead atoms. The number of hydrogen-bond donors (Lipinski definition) is 4. The normalized spacial score (nSPS) is 44.3. The molecule has 0 aromatic heterocycles. The van der Waals surface area contributed by atoms with Crippen molar-refractivity contribution in [2.45, 2.75) is 358 Å². The number of aliphatic hydroxyl groups excluding tert-OH is 4. The Labute approximate surface area is 551 Å². The van der Waals surface area contributed by atoms with Crippen molar-refractivity contribution in [2.24, 2.45) is 5.92 Å². The van der Waals surface area contributed by atoms with Crippen LogP contribution in [0, 0.1) is 5.92 Å². The molecule has 0 amide bonds. The monoisotopic (exact) mass is 1360 g/mol. The summed E-state index contributed by atoms with van der Waals surface area (Å²) in [7, 11) is 0. The highest BCUT2D eigenvalue weighted by atomic mass is 16.9. The van der Waals surface area contributed by atoms with Crippen LogP contribution in [-0.4, -0.2) is 253 Å². The molecule has 14 heterocycles. The largest absolute Gasteiger partial charge is 0.456 e. The molecule has 10 unspecified atom stereocenters. The molecule has 544 valence electrons. The summed E-state index contributed by atoms with van der Waals surface area (Å²) in [6, 6.07) is 0. The summed E-state index contributed by atoms with van der Waals surface area (Å²) < 4.78 is 134. The lowest BCUT2D eigenvalue weighted by atomic mass is 9.97. The number of fused-ring (bicyclic) bond motifs is 5. The van der Waals surface area contributed by atoms with Crippen molar-refractivity contribution < 1.29 is 144 Å².